The molecule has 1 saturated heterocycles. The quantitative estimate of drug-likeness (QED) is 0.706. The maximum absolute atomic E-state index is 12.1. The predicted molar refractivity (Wildman–Crippen MR) is 95.1 cm³/mol. The van der Waals surface area contributed by atoms with E-state index in [1.807, 2.05) is 6.07 Å². The molecule has 138 valence electrons. The molecule has 3 N–H and O–H groups in total. The van der Waals surface area contributed by atoms with E-state index in [1.54, 1.807) is 6.07 Å². The van der Waals surface area contributed by atoms with E-state index in [1.165, 1.54) is 12.8 Å². The van der Waals surface area contributed by atoms with Gasteiger partial charge < -0.3 is 20.1 Å². The number of likely N-dealkylation sites (tertiary alicyclic amines) is 1. The van der Waals surface area contributed by atoms with Crippen LogP contribution >= 0.6 is 0 Å². The van der Waals surface area contributed by atoms with Gasteiger partial charge in [-0.25, -0.2) is 0 Å². The van der Waals surface area contributed by atoms with Crippen molar-refractivity contribution in [2.45, 2.75) is 61.4 Å². The first-order chi connectivity index (χ1) is 12.4. The van der Waals surface area contributed by atoms with E-state index < -0.39 is 16.8 Å². The lowest BCUT2D eigenvalue weighted by Crippen LogP contribution is -2.79. The highest BCUT2D eigenvalue weighted by Gasteiger charge is 2.78. The first-order valence-corrected chi connectivity index (χ1v) is 9.82. The van der Waals surface area contributed by atoms with Crippen molar-refractivity contribution in [2.75, 3.05) is 13.1 Å². The van der Waals surface area contributed by atoms with E-state index in [9.17, 15) is 15.3 Å². The van der Waals surface area contributed by atoms with Crippen molar-refractivity contribution in [1.82, 2.24) is 4.90 Å². The molecule has 2 saturated carbocycles. The Balaban J connectivity index is 1.61. The smallest absolute Gasteiger partial charge is 0.243 e. The van der Waals surface area contributed by atoms with Crippen LogP contribution in [0.15, 0.2) is 24.3 Å². The molecule has 0 radical (unpaired) electrons. The average molecular weight is 355 g/mol. The molecule has 26 heavy (non-hydrogen) atoms. The zero-order valence-electron chi connectivity index (χ0n) is 14.9. The number of hydrogen-bond donors (Lipinski definition) is 3. The van der Waals surface area contributed by atoms with Crippen molar-refractivity contribution < 1.29 is 20.1 Å². The van der Waals surface area contributed by atoms with E-state index >= 15 is 0 Å². The predicted octanol–water partition coefficient (Wildman–Crippen LogP) is 1.83. The minimum absolute atomic E-state index is 0.0249. The van der Waals surface area contributed by atoms with Gasteiger partial charge in [0.15, 0.2) is 11.5 Å². The van der Waals surface area contributed by atoms with Crippen molar-refractivity contribution in [2.24, 2.45) is 5.92 Å². The summed E-state index contributed by atoms with van der Waals surface area (Å²) in [6.07, 6.45) is 5.03. The van der Waals surface area contributed by atoms with Gasteiger partial charge in [-0.2, -0.15) is 0 Å². The maximum atomic E-state index is 12.1. The molecule has 1 spiro atoms. The van der Waals surface area contributed by atoms with Crippen LogP contribution < -0.4 is 4.74 Å². The van der Waals surface area contributed by atoms with E-state index in [4.69, 9.17) is 4.74 Å². The summed E-state index contributed by atoms with van der Waals surface area (Å²) in [6.45, 7) is 5.96. The second-order valence-corrected chi connectivity index (χ2v) is 9.04. The van der Waals surface area contributed by atoms with Crippen LogP contribution in [0.5, 0.6) is 11.5 Å². The van der Waals surface area contributed by atoms with Crippen LogP contribution in [0.3, 0.4) is 0 Å². The maximum Gasteiger partial charge on any atom is 0.243 e. The van der Waals surface area contributed by atoms with Crippen LogP contribution in [0, 0.1) is 5.92 Å². The number of aromatic hydroxyl groups is 1. The molecule has 2 heterocycles. The van der Waals surface area contributed by atoms with Crippen LogP contribution in [0.25, 0.3) is 0 Å². The second kappa shape index (κ2) is 4.46. The van der Waals surface area contributed by atoms with Gasteiger partial charge >= 0.3 is 0 Å². The molecule has 0 aromatic heterocycles. The number of nitrogens with zero attached hydrogens (tertiary/aromatic N) is 1. The lowest BCUT2D eigenvalue weighted by atomic mass is 9.47. The largest absolute Gasteiger partial charge is 0.504 e. The van der Waals surface area contributed by atoms with Crippen LogP contribution in [0.2, 0.25) is 0 Å². The normalized spacial score (nSPS) is 43.2. The van der Waals surface area contributed by atoms with Gasteiger partial charge in [0.2, 0.25) is 5.79 Å². The van der Waals surface area contributed by atoms with Crippen LogP contribution in [-0.4, -0.2) is 50.7 Å². The molecule has 0 amide bonds. The van der Waals surface area contributed by atoms with E-state index in [0.29, 0.717) is 30.6 Å². The fourth-order valence-corrected chi connectivity index (χ4v) is 6.45. The summed E-state index contributed by atoms with van der Waals surface area (Å²) in [4.78, 5) is 2.45. The zero-order valence-corrected chi connectivity index (χ0v) is 14.9. The fourth-order valence-electron chi connectivity index (χ4n) is 6.45. The van der Waals surface area contributed by atoms with Gasteiger partial charge in [0, 0.05) is 18.2 Å². The van der Waals surface area contributed by atoms with Gasteiger partial charge in [0.05, 0.1) is 5.60 Å². The molecule has 2 bridgehead atoms. The second-order valence-electron chi connectivity index (χ2n) is 9.04. The molecule has 3 aliphatic carbocycles. The summed E-state index contributed by atoms with van der Waals surface area (Å²) >= 11 is 0. The molecule has 5 nitrogen and oxygen atoms in total. The molecule has 1 unspecified atom stereocenters. The molecule has 2 aliphatic heterocycles. The first-order valence-electron chi connectivity index (χ1n) is 9.82. The zero-order chi connectivity index (χ0) is 17.9. The molecule has 6 rings (SSSR count). The molecule has 3 fully saturated rings. The highest BCUT2D eigenvalue weighted by atomic mass is 16.6. The lowest BCUT2D eigenvalue weighted by Gasteiger charge is -2.65. The number of aliphatic hydroxyl groups is 2. The summed E-state index contributed by atoms with van der Waals surface area (Å²) < 4.78 is 6.03. The Hall–Kier alpha value is -1.56. The van der Waals surface area contributed by atoms with Crippen molar-refractivity contribution in [3.05, 3.63) is 35.4 Å². The number of phenolic OH excluding ortho intramolecular Hbond substituents is 1. The third kappa shape index (κ3) is 1.48. The van der Waals surface area contributed by atoms with E-state index in [-0.39, 0.29) is 11.8 Å². The van der Waals surface area contributed by atoms with Crippen molar-refractivity contribution in [1.29, 1.82) is 0 Å². The van der Waals surface area contributed by atoms with Gasteiger partial charge in [-0.3, -0.25) is 4.90 Å². The molecule has 4 atom stereocenters. The number of piperidine rings is 1. The Labute approximate surface area is 152 Å². The molecule has 1 aromatic rings. The number of rotatable bonds is 2. The van der Waals surface area contributed by atoms with Crippen LogP contribution in [0.1, 0.15) is 43.2 Å². The fraction of sp³-hybridized carbons (Fsp3) is 0.619. The number of phenols is 1. The Bertz CT molecular complexity index is 849. The van der Waals surface area contributed by atoms with Crippen molar-refractivity contribution >= 4 is 0 Å². The lowest BCUT2D eigenvalue weighted by molar-refractivity contribution is -0.262. The monoisotopic (exact) mass is 355 g/mol. The highest BCUT2D eigenvalue weighted by Crippen LogP contribution is 2.69. The summed E-state index contributed by atoms with van der Waals surface area (Å²) in [6, 6.07) is 3.57. The number of benzene rings is 1. The summed E-state index contributed by atoms with van der Waals surface area (Å²) in [5, 5.41) is 34.2. The van der Waals surface area contributed by atoms with Crippen LogP contribution in [-0.2, 0) is 11.8 Å². The van der Waals surface area contributed by atoms with Gasteiger partial charge in [-0.05, 0) is 68.2 Å². The van der Waals surface area contributed by atoms with Gasteiger partial charge in [0.1, 0.15) is 5.41 Å². The minimum atomic E-state index is -1.64. The Morgan fingerprint density at radius 1 is 1.23 bits per heavy atom. The Morgan fingerprint density at radius 3 is 2.81 bits per heavy atom. The third-order valence-electron chi connectivity index (χ3n) is 7.87. The van der Waals surface area contributed by atoms with Gasteiger partial charge in [-0.15, -0.1) is 0 Å². The Morgan fingerprint density at radius 2 is 2.04 bits per heavy atom. The van der Waals surface area contributed by atoms with Crippen LogP contribution in [0.4, 0.5) is 0 Å². The van der Waals surface area contributed by atoms with Gasteiger partial charge in [-0.1, -0.05) is 12.6 Å². The summed E-state index contributed by atoms with van der Waals surface area (Å²) in [5.41, 5.74) is 0.522. The third-order valence-corrected chi connectivity index (χ3v) is 7.87. The minimum Gasteiger partial charge on any atom is -0.504 e. The molecule has 5 heteroatoms. The number of hydrogen-bond acceptors (Lipinski definition) is 5. The van der Waals surface area contributed by atoms with E-state index in [0.717, 1.165) is 36.6 Å². The van der Waals surface area contributed by atoms with Gasteiger partial charge in [0.25, 0.3) is 0 Å². The molecule has 1 aromatic carbocycles. The highest BCUT2D eigenvalue weighted by molar-refractivity contribution is 5.65. The molecular formula is C21H25NO4. The number of ether oxygens (including phenoxy) is 1. The van der Waals surface area contributed by atoms with E-state index in [2.05, 4.69) is 11.5 Å². The van der Waals surface area contributed by atoms with Crippen molar-refractivity contribution in [3.63, 3.8) is 0 Å². The topological polar surface area (TPSA) is 73.2 Å². The molecule has 5 aliphatic rings. The summed E-state index contributed by atoms with van der Waals surface area (Å²) in [7, 11) is 0. The summed E-state index contributed by atoms with van der Waals surface area (Å²) in [5.74, 6) is -0.502. The average Bonchev–Trinajstić information content (AvgIpc) is 3.36. The van der Waals surface area contributed by atoms with Crippen molar-refractivity contribution in [3.8, 4) is 11.5 Å². The SMILES string of the molecule is C=C1CC[C@@]2(O)C3Cc4ccc(O)c5c4[C@@]2(CCN3CC2CC2)[C@@]1(O)O5. The molecular weight excluding hydrogens is 330 g/mol. The first kappa shape index (κ1) is 15.5. The Kier molecular flexibility index (Phi) is 2.66. The standard InChI is InChI=1S/C21H25NO4/c1-12-6-7-20(24)16-10-14-4-5-15(23)18-17(14)19(20,21(12,25)26-18)8-9-22(16)11-13-2-3-13/h4-5,13,16,23-25H,1-3,6-11H2/t16?,19-,20-,21+/m1/s1.